The van der Waals surface area contributed by atoms with Crippen LogP contribution in [0, 0.1) is 0 Å². The van der Waals surface area contributed by atoms with Gasteiger partial charge in [-0.1, -0.05) is 24.3 Å². The van der Waals surface area contributed by atoms with Crippen molar-refractivity contribution in [3.05, 3.63) is 50.6 Å². The van der Waals surface area contributed by atoms with Crippen LogP contribution >= 0.6 is 0 Å². The molecule has 2 nitrogen and oxygen atoms in total. The summed E-state index contributed by atoms with van der Waals surface area (Å²) in [5.41, 5.74) is 0. The monoisotopic (exact) mass is 220 g/mol. The fourth-order valence-corrected chi connectivity index (χ4v) is 3.15. The summed E-state index contributed by atoms with van der Waals surface area (Å²) in [4.78, 5) is 0. The molecule has 0 atom stereocenters. The van der Waals surface area contributed by atoms with E-state index in [-0.39, 0.29) is 0 Å². The second-order valence-electron chi connectivity index (χ2n) is 3.37. The van der Waals surface area contributed by atoms with E-state index in [2.05, 4.69) is 34.1 Å². The van der Waals surface area contributed by atoms with Gasteiger partial charge in [-0.3, -0.25) is 0 Å². The highest BCUT2D eigenvalue weighted by atomic mass is 27.1. The van der Waals surface area contributed by atoms with Crippen molar-refractivity contribution in [1.29, 1.82) is 0 Å². The van der Waals surface area contributed by atoms with Gasteiger partial charge in [0.15, 0.2) is 0 Å². The molecule has 0 fully saturated rings. The molecular weight excluding hydrogens is 199 g/mol. The summed E-state index contributed by atoms with van der Waals surface area (Å²) in [7, 11) is 0. The highest BCUT2D eigenvalue weighted by molar-refractivity contribution is 6.28. The normalized spacial score (nSPS) is 10.0. The third kappa shape index (κ3) is 7.35. The topological polar surface area (TPSA) is 6.48 Å². The van der Waals surface area contributed by atoms with E-state index in [1.54, 1.807) is 0 Å². The van der Waals surface area contributed by atoms with Crippen LogP contribution in [-0.2, 0) is 0 Å². The first-order valence-corrected chi connectivity index (χ1v) is 6.43. The van der Waals surface area contributed by atoms with Gasteiger partial charge in [0.2, 0.25) is 0 Å². The highest BCUT2D eigenvalue weighted by Gasteiger charge is 2.11. The molecule has 0 aromatic rings. The standard InChI is InChI=1S/2C6H10N.Al.H/c2*1-3-5-7-6-4-2;;/h2*3-4H,1-2,5-6H2;;/q2*-1;+2;. The van der Waals surface area contributed by atoms with E-state index < -0.39 is 15.7 Å². The van der Waals surface area contributed by atoms with Gasteiger partial charge >= 0.3 is 15.7 Å². The van der Waals surface area contributed by atoms with Crippen molar-refractivity contribution in [3.63, 3.8) is 0 Å². The first-order valence-electron chi connectivity index (χ1n) is 5.16. The number of nitrogens with zero attached hydrogens (tertiary/aromatic N) is 2. The van der Waals surface area contributed by atoms with Gasteiger partial charge in [-0.2, -0.15) is 0 Å². The lowest BCUT2D eigenvalue weighted by molar-refractivity contribution is 0.445. The molecule has 15 heavy (non-hydrogen) atoms. The Morgan fingerprint density at radius 2 is 0.933 bits per heavy atom. The molecule has 0 heterocycles. The molecule has 0 spiro atoms. The lowest BCUT2D eigenvalue weighted by Crippen LogP contribution is -2.42. The Bertz CT molecular complexity index is 172. The minimum Gasteiger partial charge on any atom is -0.368 e. The molecule has 0 amide bonds. The summed E-state index contributed by atoms with van der Waals surface area (Å²) >= 11 is -0.423. The molecule has 0 aliphatic rings. The van der Waals surface area contributed by atoms with E-state index in [0.717, 1.165) is 26.2 Å². The highest BCUT2D eigenvalue weighted by Crippen LogP contribution is 1.93. The van der Waals surface area contributed by atoms with Crippen LogP contribution in [0.1, 0.15) is 0 Å². The summed E-state index contributed by atoms with van der Waals surface area (Å²) in [6.45, 7) is 18.8. The lowest BCUT2D eigenvalue weighted by Gasteiger charge is -2.25. The Morgan fingerprint density at radius 1 is 0.667 bits per heavy atom. The fourth-order valence-electron chi connectivity index (χ4n) is 1.39. The van der Waals surface area contributed by atoms with Gasteiger partial charge in [0.25, 0.3) is 0 Å². The average Bonchev–Trinajstić information content (AvgIpc) is 2.19. The maximum atomic E-state index is 3.77. The predicted octanol–water partition coefficient (Wildman–Crippen LogP) is 1.60. The van der Waals surface area contributed by atoms with E-state index >= 15 is 0 Å². The van der Waals surface area contributed by atoms with Crippen molar-refractivity contribution in [3.8, 4) is 0 Å². The number of rotatable bonds is 10. The molecule has 0 aliphatic carbocycles. The zero-order valence-electron chi connectivity index (χ0n) is 9.57. The van der Waals surface area contributed by atoms with Crippen LogP contribution in [0.4, 0.5) is 0 Å². The smallest absolute Gasteiger partial charge is 0.368 e. The molecule has 0 radical (unpaired) electrons. The lowest BCUT2D eigenvalue weighted by atomic mass is 10.5. The van der Waals surface area contributed by atoms with E-state index in [1.807, 2.05) is 24.3 Å². The molecule has 0 N–H and O–H groups in total. The predicted molar refractivity (Wildman–Crippen MR) is 71.1 cm³/mol. The number of hydrogen-bond donors (Lipinski definition) is 0. The van der Waals surface area contributed by atoms with E-state index in [9.17, 15) is 0 Å². The number of hydrogen-bond acceptors (Lipinski definition) is 2. The van der Waals surface area contributed by atoms with Gasteiger partial charge in [0.1, 0.15) is 0 Å². The van der Waals surface area contributed by atoms with Crippen LogP contribution in [0.2, 0.25) is 0 Å². The minimum atomic E-state index is -0.423. The van der Waals surface area contributed by atoms with Crippen molar-refractivity contribution in [2.45, 2.75) is 0 Å². The van der Waals surface area contributed by atoms with Crippen molar-refractivity contribution < 1.29 is 0 Å². The molecule has 0 aliphatic heterocycles. The Kier molecular flexibility index (Phi) is 9.56. The molecule has 0 saturated carbocycles. The molecule has 82 valence electrons. The SMILES string of the molecule is C=CC[N](CC=C)[AlH][N](CC=C)CC=C. The first kappa shape index (κ1) is 14.4. The zero-order valence-corrected chi connectivity index (χ0v) is 11.0. The third-order valence-electron chi connectivity index (χ3n) is 1.95. The summed E-state index contributed by atoms with van der Waals surface area (Å²) in [6, 6.07) is 0. The summed E-state index contributed by atoms with van der Waals surface area (Å²) in [6.07, 6.45) is 7.76. The maximum absolute atomic E-state index is 3.77. The summed E-state index contributed by atoms with van der Waals surface area (Å²) in [5, 5.41) is 0. The molecule has 0 saturated heterocycles. The maximum Gasteiger partial charge on any atom is 0.464 e. The summed E-state index contributed by atoms with van der Waals surface area (Å²) < 4.78 is 4.79. The van der Waals surface area contributed by atoms with Crippen LogP contribution in [-0.4, -0.2) is 49.6 Å². The van der Waals surface area contributed by atoms with Crippen molar-refractivity contribution in [1.82, 2.24) is 7.77 Å². The second kappa shape index (κ2) is 9.95. The van der Waals surface area contributed by atoms with E-state index in [4.69, 9.17) is 0 Å². The van der Waals surface area contributed by atoms with Crippen molar-refractivity contribution in [2.24, 2.45) is 0 Å². The summed E-state index contributed by atoms with van der Waals surface area (Å²) in [5.74, 6) is 0. The van der Waals surface area contributed by atoms with Gasteiger partial charge in [0, 0.05) is 0 Å². The quantitative estimate of drug-likeness (QED) is 0.407. The third-order valence-corrected chi connectivity index (χ3v) is 3.78. The van der Waals surface area contributed by atoms with Crippen LogP contribution in [0.25, 0.3) is 0 Å². The van der Waals surface area contributed by atoms with Gasteiger partial charge in [-0.25, -0.2) is 0 Å². The molecule has 0 aromatic heterocycles. The van der Waals surface area contributed by atoms with E-state index in [0.29, 0.717) is 0 Å². The largest absolute Gasteiger partial charge is 0.464 e. The molecular formula is C12H21AlN2. The Balaban J connectivity index is 4.15. The van der Waals surface area contributed by atoms with Gasteiger partial charge < -0.3 is 7.77 Å². The van der Waals surface area contributed by atoms with Crippen LogP contribution in [0.15, 0.2) is 50.6 Å². The van der Waals surface area contributed by atoms with Crippen LogP contribution in [0.5, 0.6) is 0 Å². The van der Waals surface area contributed by atoms with Gasteiger partial charge in [-0.05, 0) is 26.2 Å². The fraction of sp³-hybridized carbons (Fsp3) is 0.333. The Hall–Kier alpha value is -0.588. The molecule has 0 unspecified atom stereocenters. The Morgan fingerprint density at radius 3 is 1.13 bits per heavy atom. The zero-order chi connectivity index (χ0) is 11.5. The molecule has 0 rings (SSSR count). The minimum absolute atomic E-state index is 0.423. The second-order valence-corrected chi connectivity index (χ2v) is 5.44. The van der Waals surface area contributed by atoms with E-state index in [1.165, 1.54) is 0 Å². The van der Waals surface area contributed by atoms with Crippen LogP contribution in [0.3, 0.4) is 0 Å². The van der Waals surface area contributed by atoms with Gasteiger partial charge in [-0.15, -0.1) is 26.3 Å². The first-order chi connectivity index (χ1) is 7.28. The average molecular weight is 220 g/mol. The van der Waals surface area contributed by atoms with Crippen LogP contribution < -0.4 is 0 Å². The Labute approximate surface area is 100 Å². The molecule has 0 aromatic carbocycles. The molecule has 0 bridgehead atoms. The van der Waals surface area contributed by atoms with Crippen molar-refractivity contribution >= 4 is 15.7 Å². The molecule has 3 heteroatoms. The van der Waals surface area contributed by atoms with Crippen molar-refractivity contribution in [2.75, 3.05) is 26.2 Å². The van der Waals surface area contributed by atoms with Gasteiger partial charge in [0.05, 0.1) is 0 Å².